The Bertz CT molecular complexity index is 360. The third-order valence-electron chi connectivity index (χ3n) is 2.98. The fourth-order valence-corrected chi connectivity index (χ4v) is 1.91. The molecule has 0 aliphatic carbocycles. The van der Waals surface area contributed by atoms with Crippen LogP contribution in [0.1, 0.15) is 33.1 Å². The molecule has 0 radical (unpaired) electrons. The molecule has 0 saturated heterocycles. The van der Waals surface area contributed by atoms with Gasteiger partial charge in [-0.3, -0.25) is 4.79 Å². The molecule has 1 aromatic carbocycles. The minimum atomic E-state index is -0.129. The number of para-hydroxylation sites is 1. The minimum absolute atomic E-state index is 0.00542. The SMILES string of the molecule is COC(=O)CC(C)(C)CCCNc1ccccc1. The zero-order valence-corrected chi connectivity index (χ0v) is 11.5. The summed E-state index contributed by atoms with van der Waals surface area (Å²) in [5.74, 6) is -0.129. The van der Waals surface area contributed by atoms with Crippen LogP contribution >= 0.6 is 0 Å². The molecule has 0 aliphatic heterocycles. The Morgan fingerprint density at radius 3 is 2.56 bits per heavy atom. The summed E-state index contributed by atoms with van der Waals surface area (Å²) >= 11 is 0. The molecule has 0 amide bonds. The topological polar surface area (TPSA) is 38.3 Å². The van der Waals surface area contributed by atoms with Crippen LogP contribution in [0.25, 0.3) is 0 Å². The second-order valence-corrected chi connectivity index (χ2v) is 5.31. The first-order chi connectivity index (χ1) is 8.53. The highest BCUT2D eigenvalue weighted by molar-refractivity contribution is 5.69. The van der Waals surface area contributed by atoms with Gasteiger partial charge in [-0.15, -0.1) is 0 Å². The van der Waals surface area contributed by atoms with Gasteiger partial charge >= 0.3 is 5.97 Å². The summed E-state index contributed by atoms with van der Waals surface area (Å²) in [6, 6.07) is 10.1. The third kappa shape index (κ3) is 5.71. The van der Waals surface area contributed by atoms with Gasteiger partial charge in [0.1, 0.15) is 0 Å². The lowest BCUT2D eigenvalue weighted by Crippen LogP contribution is -2.19. The molecule has 100 valence electrons. The molecule has 0 aliphatic rings. The van der Waals surface area contributed by atoms with Gasteiger partial charge in [0.2, 0.25) is 0 Å². The maximum atomic E-state index is 11.2. The first kappa shape index (κ1) is 14.6. The normalized spacial score (nSPS) is 11.1. The lowest BCUT2D eigenvalue weighted by Gasteiger charge is -2.23. The number of hydrogen-bond acceptors (Lipinski definition) is 3. The summed E-state index contributed by atoms with van der Waals surface area (Å²) < 4.78 is 4.71. The van der Waals surface area contributed by atoms with Crippen molar-refractivity contribution in [3.05, 3.63) is 30.3 Å². The van der Waals surface area contributed by atoms with Gasteiger partial charge in [0.05, 0.1) is 13.5 Å². The van der Waals surface area contributed by atoms with Crippen LogP contribution < -0.4 is 5.32 Å². The summed E-state index contributed by atoms with van der Waals surface area (Å²) in [5.41, 5.74) is 1.15. The number of carbonyl (C=O) groups excluding carboxylic acids is 1. The Morgan fingerprint density at radius 1 is 1.28 bits per heavy atom. The Labute approximate surface area is 110 Å². The monoisotopic (exact) mass is 249 g/mol. The molecule has 0 unspecified atom stereocenters. The number of ether oxygens (including phenoxy) is 1. The highest BCUT2D eigenvalue weighted by Gasteiger charge is 2.21. The van der Waals surface area contributed by atoms with E-state index >= 15 is 0 Å². The Balaban J connectivity index is 2.23. The predicted octanol–water partition coefficient (Wildman–Crippen LogP) is 3.47. The maximum absolute atomic E-state index is 11.2. The number of rotatable bonds is 7. The van der Waals surface area contributed by atoms with Crippen molar-refractivity contribution in [1.82, 2.24) is 0 Å². The van der Waals surface area contributed by atoms with Gasteiger partial charge in [0.25, 0.3) is 0 Å². The van der Waals surface area contributed by atoms with Crippen LogP contribution in [0.15, 0.2) is 30.3 Å². The standard InChI is InChI=1S/C15H23NO2/c1-15(2,12-14(17)18-3)10-7-11-16-13-8-5-4-6-9-13/h4-6,8-9,16H,7,10-12H2,1-3H3. The Hall–Kier alpha value is -1.51. The summed E-state index contributed by atoms with van der Waals surface area (Å²) in [7, 11) is 1.44. The lowest BCUT2D eigenvalue weighted by molar-refractivity contribution is -0.143. The number of nitrogens with one attached hydrogen (secondary N) is 1. The van der Waals surface area contributed by atoms with Gasteiger partial charge in [-0.2, -0.15) is 0 Å². The highest BCUT2D eigenvalue weighted by Crippen LogP contribution is 2.27. The lowest BCUT2D eigenvalue weighted by atomic mass is 9.84. The van der Waals surface area contributed by atoms with Gasteiger partial charge in [-0.05, 0) is 30.4 Å². The van der Waals surface area contributed by atoms with Crippen LogP contribution in [0.3, 0.4) is 0 Å². The first-order valence-electron chi connectivity index (χ1n) is 6.39. The van der Waals surface area contributed by atoms with Crippen molar-refractivity contribution < 1.29 is 9.53 Å². The van der Waals surface area contributed by atoms with Crippen molar-refractivity contribution in [2.75, 3.05) is 19.0 Å². The van der Waals surface area contributed by atoms with Crippen molar-refractivity contribution in [1.29, 1.82) is 0 Å². The molecule has 0 fully saturated rings. The molecule has 0 aromatic heterocycles. The Morgan fingerprint density at radius 2 is 1.94 bits per heavy atom. The average Bonchev–Trinajstić information content (AvgIpc) is 2.35. The molecule has 1 N–H and O–H groups in total. The van der Waals surface area contributed by atoms with Crippen molar-refractivity contribution in [2.45, 2.75) is 33.1 Å². The third-order valence-corrected chi connectivity index (χ3v) is 2.98. The van der Waals surface area contributed by atoms with Crippen LogP contribution in [-0.4, -0.2) is 19.6 Å². The van der Waals surface area contributed by atoms with E-state index in [0.717, 1.165) is 25.1 Å². The molecule has 1 rings (SSSR count). The van der Waals surface area contributed by atoms with E-state index in [1.165, 1.54) is 7.11 Å². The zero-order chi connectivity index (χ0) is 13.4. The van der Waals surface area contributed by atoms with E-state index in [0.29, 0.717) is 6.42 Å². The van der Waals surface area contributed by atoms with Gasteiger partial charge in [-0.1, -0.05) is 32.0 Å². The minimum Gasteiger partial charge on any atom is -0.469 e. The molecule has 3 heteroatoms. The zero-order valence-electron chi connectivity index (χ0n) is 11.5. The van der Waals surface area contributed by atoms with Crippen LogP contribution in [0.4, 0.5) is 5.69 Å². The Kier molecular flexibility index (Phi) is 5.69. The number of carbonyl (C=O) groups is 1. The molecular formula is C15H23NO2. The summed E-state index contributed by atoms with van der Waals surface area (Å²) in [4.78, 5) is 11.2. The molecule has 0 saturated carbocycles. The van der Waals surface area contributed by atoms with E-state index in [1.54, 1.807) is 0 Å². The largest absolute Gasteiger partial charge is 0.469 e. The van der Waals surface area contributed by atoms with Crippen LogP contribution in [-0.2, 0) is 9.53 Å². The van der Waals surface area contributed by atoms with Gasteiger partial charge in [0.15, 0.2) is 0 Å². The number of esters is 1. The molecular weight excluding hydrogens is 226 g/mol. The van der Waals surface area contributed by atoms with Crippen molar-refractivity contribution in [3.8, 4) is 0 Å². The second-order valence-electron chi connectivity index (χ2n) is 5.31. The van der Waals surface area contributed by atoms with E-state index in [2.05, 4.69) is 31.3 Å². The summed E-state index contributed by atoms with van der Waals surface area (Å²) in [6.45, 7) is 5.13. The van der Waals surface area contributed by atoms with E-state index in [1.807, 2.05) is 18.2 Å². The van der Waals surface area contributed by atoms with E-state index in [4.69, 9.17) is 4.74 Å². The number of hydrogen-bond donors (Lipinski definition) is 1. The van der Waals surface area contributed by atoms with Crippen LogP contribution in [0.2, 0.25) is 0 Å². The number of methoxy groups -OCH3 is 1. The fourth-order valence-electron chi connectivity index (χ4n) is 1.91. The van der Waals surface area contributed by atoms with Crippen molar-refractivity contribution in [2.24, 2.45) is 5.41 Å². The van der Waals surface area contributed by atoms with Gasteiger partial charge < -0.3 is 10.1 Å². The predicted molar refractivity (Wildman–Crippen MR) is 74.6 cm³/mol. The molecule has 18 heavy (non-hydrogen) atoms. The van der Waals surface area contributed by atoms with Gasteiger partial charge in [0, 0.05) is 12.2 Å². The summed E-state index contributed by atoms with van der Waals surface area (Å²) in [5, 5.41) is 3.37. The molecule has 0 heterocycles. The first-order valence-corrected chi connectivity index (χ1v) is 6.39. The van der Waals surface area contributed by atoms with E-state index in [-0.39, 0.29) is 11.4 Å². The molecule has 0 bridgehead atoms. The number of benzene rings is 1. The number of anilines is 1. The average molecular weight is 249 g/mol. The molecule has 3 nitrogen and oxygen atoms in total. The highest BCUT2D eigenvalue weighted by atomic mass is 16.5. The van der Waals surface area contributed by atoms with Crippen LogP contribution in [0, 0.1) is 5.41 Å². The van der Waals surface area contributed by atoms with Crippen LogP contribution in [0.5, 0.6) is 0 Å². The van der Waals surface area contributed by atoms with Crippen molar-refractivity contribution in [3.63, 3.8) is 0 Å². The molecule has 1 aromatic rings. The second kappa shape index (κ2) is 7.04. The maximum Gasteiger partial charge on any atom is 0.306 e. The van der Waals surface area contributed by atoms with Crippen molar-refractivity contribution >= 4 is 11.7 Å². The smallest absolute Gasteiger partial charge is 0.306 e. The molecule has 0 atom stereocenters. The summed E-state index contributed by atoms with van der Waals surface area (Å²) in [6.07, 6.45) is 2.52. The fraction of sp³-hybridized carbons (Fsp3) is 0.533. The van der Waals surface area contributed by atoms with Gasteiger partial charge in [-0.25, -0.2) is 0 Å². The van der Waals surface area contributed by atoms with E-state index < -0.39 is 0 Å². The quantitative estimate of drug-likeness (QED) is 0.594. The molecule has 0 spiro atoms. The van der Waals surface area contributed by atoms with E-state index in [9.17, 15) is 4.79 Å².